The Morgan fingerprint density at radius 2 is 1.00 bits per heavy atom. The Balaban J connectivity index is 3.25. The molecule has 0 amide bonds. The molecule has 0 aromatic heterocycles. The van der Waals surface area contributed by atoms with Gasteiger partial charge in [0.2, 0.25) is 0 Å². The molecule has 2 nitrogen and oxygen atoms in total. The normalized spacial score (nSPS) is 11.8. The number of carbonyl (C=O) groups is 1. The van der Waals surface area contributed by atoms with Crippen molar-refractivity contribution in [2.75, 3.05) is 6.61 Å². The molecule has 25 heavy (non-hydrogen) atoms. The van der Waals surface area contributed by atoms with Crippen molar-refractivity contribution in [3.63, 3.8) is 0 Å². The van der Waals surface area contributed by atoms with E-state index in [1.165, 1.54) is 89.9 Å². The lowest BCUT2D eigenvalue weighted by Crippen LogP contribution is -2.34. The third-order valence-electron chi connectivity index (χ3n) is 5.18. The van der Waals surface area contributed by atoms with Crippen LogP contribution in [0.3, 0.4) is 0 Å². The summed E-state index contributed by atoms with van der Waals surface area (Å²) in [6, 6.07) is 0. The summed E-state index contributed by atoms with van der Waals surface area (Å²) in [4.78, 5) is 12.1. The molecule has 0 aliphatic rings. The highest BCUT2D eigenvalue weighted by atomic mass is 16.5. The van der Waals surface area contributed by atoms with Crippen LogP contribution in [-0.4, -0.2) is 18.0 Å². The van der Waals surface area contributed by atoms with Crippen LogP contribution in [0.2, 0.25) is 0 Å². The van der Waals surface area contributed by atoms with Gasteiger partial charge < -0.3 is 4.74 Å². The molecule has 0 aromatic carbocycles. The minimum Gasteiger partial charge on any atom is -0.368 e. The first kappa shape index (κ1) is 24.6. The summed E-state index contributed by atoms with van der Waals surface area (Å²) >= 11 is 0. The molecule has 0 bridgehead atoms. The van der Waals surface area contributed by atoms with Gasteiger partial charge in [0.1, 0.15) is 5.60 Å². The first-order valence-corrected chi connectivity index (χ1v) is 11.2. The smallest absolute Gasteiger partial charge is 0.164 e. The van der Waals surface area contributed by atoms with Crippen LogP contribution in [-0.2, 0) is 9.53 Å². The number of hydrogen-bond acceptors (Lipinski definition) is 2. The van der Waals surface area contributed by atoms with Crippen LogP contribution in [0.5, 0.6) is 0 Å². The predicted molar refractivity (Wildman–Crippen MR) is 110 cm³/mol. The Kier molecular flexibility index (Phi) is 16.8. The molecule has 0 unspecified atom stereocenters. The van der Waals surface area contributed by atoms with Gasteiger partial charge in [-0.2, -0.15) is 0 Å². The van der Waals surface area contributed by atoms with E-state index in [4.69, 9.17) is 4.74 Å². The van der Waals surface area contributed by atoms with E-state index >= 15 is 0 Å². The second kappa shape index (κ2) is 17.1. The van der Waals surface area contributed by atoms with Crippen LogP contribution in [0, 0.1) is 0 Å². The summed E-state index contributed by atoms with van der Waals surface area (Å²) in [6.07, 6.45) is 21.1. The van der Waals surface area contributed by atoms with E-state index in [1.807, 2.05) is 20.8 Å². The molecule has 0 saturated carbocycles. The number of carbonyl (C=O) groups excluding carboxylic acids is 1. The lowest BCUT2D eigenvalue weighted by Gasteiger charge is -2.22. The highest BCUT2D eigenvalue weighted by molar-refractivity contribution is 5.86. The van der Waals surface area contributed by atoms with Crippen LogP contribution in [0.15, 0.2) is 0 Å². The standard InChI is InChI=1S/C23H46O2/c1-5-7-8-9-10-11-12-13-14-15-16-17-18-19-20-21-22(24)23(3,4)25-6-2/h5-21H2,1-4H3. The topological polar surface area (TPSA) is 26.3 Å². The number of Topliss-reactive ketones (excluding diaryl/α,β-unsaturated/α-hetero) is 1. The molecule has 0 aromatic rings. The van der Waals surface area contributed by atoms with Crippen molar-refractivity contribution in [1.82, 2.24) is 0 Å². The number of unbranched alkanes of at least 4 members (excludes halogenated alkanes) is 14. The van der Waals surface area contributed by atoms with Crippen molar-refractivity contribution in [3.05, 3.63) is 0 Å². The second-order valence-corrected chi connectivity index (χ2v) is 8.07. The van der Waals surface area contributed by atoms with Crippen molar-refractivity contribution in [3.8, 4) is 0 Å². The van der Waals surface area contributed by atoms with E-state index in [0.29, 0.717) is 13.0 Å². The summed E-state index contributed by atoms with van der Waals surface area (Å²) in [6.45, 7) is 8.62. The van der Waals surface area contributed by atoms with Gasteiger partial charge in [0, 0.05) is 13.0 Å². The Morgan fingerprint density at radius 3 is 1.36 bits per heavy atom. The minimum atomic E-state index is -0.593. The highest BCUT2D eigenvalue weighted by Gasteiger charge is 2.26. The zero-order valence-electron chi connectivity index (χ0n) is 17.8. The highest BCUT2D eigenvalue weighted by Crippen LogP contribution is 2.17. The van der Waals surface area contributed by atoms with Gasteiger partial charge >= 0.3 is 0 Å². The Bertz CT molecular complexity index is 296. The van der Waals surface area contributed by atoms with Gasteiger partial charge in [0.15, 0.2) is 5.78 Å². The Morgan fingerprint density at radius 1 is 0.640 bits per heavy atom. The zero-order valence-corrected chi connectivity index (χ0v) is 17.8. The van der Waals surface area contributed by atoms with Crippen LogP contribution in [0.4, 0.5) is 0 Å². The van der Waals surface area contributed by atoms with Crippen LogP contribution < -0.4 is 0 Å². The summed E-state index contributed by atoms with van der Waals surface area (Å²) < 4.78 is 5.52. The van der Waals surface area contributed by atoms with E-state index in [2.05, 4.69) is 6.92 Å². The van der Waals surface area contributed by atoms with Gasteiger partial charge in [0.05, 0.1) is 0 Å². The van der Waals surface area contributed by atoms with Crippen molar-refractivity contribution >= 4 is 5.78 Å². The van der Waals surface area contributed by atoms with Crippen LogP contribution in [0.1, 0.15) is 130 Å². The fraction of sp³-hybridized carbons (Fsp3) is 0.957. The first-order chi connectivity index (χ1) is 12.0. The molecule has 0 saturated heterocycles. The summed E-state index contributed by atoms with van der Waals surface area (Å²) in [5.74, 6) is 0.254. The van der Waals surface area contributed by atoms with Gasteiger partial charge in [0.25, 0.3) is 0 Å². The van der Waals surface area contributed by atoms with Gasteiger partial charge in [-0.15, -0.1) is 0 Å². The first-order valence-electron chi connectivity index (χ1n) is 11.2. The SMILES string of the molecule is CCCCCCCCCCCCCCCCCC(=O)C(C)(C)OCC. The molecule has 0 aliphatic heterocycles. The molecule has 0 fully saturated rings. The fourth-order valence-corrected chi connectivity index (χ4v) is 3.40. The molecule has 150 valence electrons. The maximum Gasteiger partial charge on any atom is 0.164 e. The third kappa shape index (κ3) is 15.6. The number of rotatable bonds is 19. The monoisotopic (exact) mass is 354 g/mol. The quantitative estimate of drug-likeness (QED) is 0.223. The fourth-order valence-electron chi connectivity index (χ4n) is 3.40. The lowest BCUT2D eigenvalue weighted by molar-refractivity contribution is -0.139. The maximum atomic E-state index is 12.1. The number of ketones is 1. The van der Waals surface area contributed by atoms with Crippen LogP contribution >= 0.6 is 0 Å². The molecule has 0 aliphatic carbocycles. The number of hydrogen-bond donors (Lipinski definition) is 0. The summed E-state index contributed by atoms with van der Waals surface area (Å²) in [7, 11) is 0. The van der Waals surface area contributed by atoms with Crippen molar-refractivity contribution in [2.45, 2.75) is 136 Å². The maximum absolute atomic E-state index is 12.1. The Labute approximate surface area is 158 Å². The summed E-state index contributed by atoms with van der Waals surface area (Å²) in [5, 5.41) is 0. The van der Waals surface area contributed by atoms with E-state index in [-0.39, 0.29) is 5.78 Å². The van der Waals surface area contributed by atoms with Crippen molar-refractivity contribution in [2.24, 2.45) is 0 Å². The van der Waals surface area contributed by atoms with Gasteiger partial charge in [-0.25, -0.2) is 0 Å². The third-order valence-corrected chi connectivity index (χ3v) is 5.18. The molecule has 0 radical (unpaired) electrons. The molecule has 0 N–H and O–H groups in total. The molecule has 2 heteroatoms. The Hall–Kier alpha value is -0.370. The molecule has 0 atom stereocenters. The predicted octanol–water partition coefficient (Wildman–Crippen LogP) is 7.63. The van der Waals surface area contributed by atoms with Gasteiger partial charge in [-0.05, 0) is 27.2 Å². The van der Waals surface area contributed by atoms with Gasteiger partial charge in [-0.1, -0.05) is 96.8 Å². The molecule has 0 spiro atoms. The average Bonchev–Trinajstić information content (AvgIpc) is 2.58. The lowest BCUT2D eigenvalue weighted by atomic mass is 9.97. The molecule has 0 rings (SSSR count). The minimum absolute atomic E-state index is 0.254. The van der Waals surface area contributed by atoms with E-state index in [9.17, 15) is 4.79 Å². The summed E-state index contributed by atoms with van der Waals surface area (Å²) in [5.41, 5.74) is -0.593. The number of ether oxygens (including phenoxy) is 1. The van der Waals surface area contributed by atoms with E-state index < -0.39 is 5.60 Å². The largest absolute Gasteiger partial charge is 0.368 e. The van der Waals surface area contributed by atoms with Crippen molar-refractivity contribution < 1.29 is 9.53 Å². The molecular weight excluding hydrogens is 308 g/mol. The zero-order chi connectivity index (χ0) is 18.8. The molecular formula is C23H46O2. The van der Waals surface area contributed by atoms with E-state index in [0.717, 1.165) is 6.42 Å². The molecule has 0 heterocycles. The van der Waals surface area contributed by atoms with Gasteiger partial charge in [-0.3, -0.25) is 4.79 Å². The second-order valence-electron chi connectivity index (χ2n) is 8.07. The van der Waals surface area contributed by atoms with Crippen LogP contribution in [0.25, 0.3) is 0 Å². The van der Waals surface area contributed by atoms with E-state index in [1.54, 1.807) is 0 Å². The van der Waals surface area contributed by atoms with Crippen molar-refractivity contribution in [1.29, 1.82) is 0 Å². The average molecular weight is 355 g/mol.